The molecule has 0 spiro atoms. The molecule has 1 aliphatic rings. The maximum Gasteiger partial charge on any atom is 0.253 e. The number of sulfonamides is 1. The Hall–Kier alpha value is -2.98. The highest BCUT2D eigenvalue weighted by atomic mass is 32.2. The van der Waals surface area contributed by atoms with Crippen LogP contribution in [-0.4, -0.2) is 79.4 Å². The lowest BCUT2D eigenvalue weighted by molar-refractivity contribution is -0.135. The van der Waals surface area contributed by atoms with Gasteiger partial charge >= 0.3 is 0 Å². The molecule has 0 atom stereocenters. The van der Waals surface area contributed by atoms with Crippen LogP contribution in [-0.2, 0) is 21.4 Å². The molecule has 0 bridgehead atoms. The third-order valence-corrected chi connectivity index (χ3v) is 8.78. The number of nitrogens with zero attached hydrogens (tertiary/aromatic N) is 3. The van der Waals surface area contributed by atoms with Crippen LogP contribution < -0.4 is 4.74 Å². The molecule has 2 amide bonds. The Morgan fingerprint density at radius 3 is 2.18 bits per heavy atom. The summed E-state index contributed by atoms with van der Waals surface area (Å²) in [4.78, 5) is 30.1. The molecule has 1 heterocycles. The van der Waals surface area contributed by atoms with E-state index < -0.39 is 10.0 Å². The second-order valence-corrected chi connectivity index (χ2v) is 11.6. The Kier molecular flexibility index (Phi) is 10.7. The van der Waals surface area contributed by atoms with E-state index in [1.165, 1.54) is 16.4 Å². The number of likely N-dealkylation sites (tertiary alicyclic amines) is 1. The molecule has 1 saturated heterocycles. The summed E-state index contributed by atoms with van der Waals surface area (Å²) in [7, 11) is -1.98. The Morgan fingerprint density at radius 1 is 1.00 bits per heavy atom. The number of rotatable bonds is 12. The Labute approximate surface area is 225 Å². The number of methoxy groups -OCH3 is 1. The molecular weight excluding hydrogens is 509 g/mol. The van der Waals surface area contributed by atoms with E-state index in [1.807, 2.05) is 6.92 Å². The van der Waals surface area contributed by atoms with E-state index in [2.05, 4.69) is 0 Å². The van der Waals surface area contributed by atoms with E-state index in [4.69, 9.17) is 4.74 Å². The molecular formula is C28H38FN3O5S. The first-order valence-electron chi connectivity index (χ1n) is 13.1. The van der Waals surface area contributed by atoms with Crippen molar-refractivity contribution in [2.24, 2.45) is 0 Å². The highest BCUT2D eigenvalue weighted by Crippen LogP contribution is 2.23. The zero-order chi connectivity index (χ0) is 27.7. The van der Waals surface area contributed by atoms with Crippen molar-refractivity contribution in [1.29, 1.82) is 0 Å². The van der Waals surface area contributed by atoms with Crippen LogP contribution in [0, 0.1) is 5.82 Å². The SMILES string of the molecule is CCCN(CC(=O)N(Cc1ccc(F)cc1)C1CCN(C(=O)c2ccc(OC)cc2)CC1)S(=O)(=O)CCC. The minimum absolute atomic E-state index is 0.00982. The van der Waals surface area contributed by atoms with Gasteiger partial charge in [-0.1, -0.05) is 26.0 Å². The molecule has 0 aliphatic carbocycles. The minimum atomic E-state index is -3.55. The zero-order valence-electron chi connectivity index (χ0n) is 22.4. The fourth-order valence-corrected chi connectivity index (χ4v) is 6.24. The molecule has 0 N–H and O–H groups in total. The predicted octanol–water partition coefficient (Wildman–Crippen LogP) is 3.92. The number of piperidine rings is 1. The third-order valence-electron chi connectivity index (χ3n) is 6.76. The lowest BCUT2D eigenvalue weighted by Crippen LogP contribution is -2.51. The van der Waals surface area contributed by atoms with E-state index in [1.54, 1.807) is 60.2 Å². The van der Waals surface area contributed by atoms with Gasteiger partial charge in [-0.25, -0.2) is 12.8 Å². The van der Waals surface area contributed by atoms with Gasteiger partial charge in [-0.05, 0) is 67.6 Å². The first kappa shape index (κ1) is 29.6. The number of benzene rings is 2. The van der Waals surface area contributed by atoms with Crippen LogP contribution in [0.4, 0.5) is 4.39 Å². The van der Waals surface area contributed by atoms with Gasteiger partial charge in [-0.2, -0.15) is 4.31 Å². The standard InChI is InChI=1S/C28H38FN3O5S/c1-4-16-31(38(35,36)19-5-2)21-27(33)32(20-22-6-10-24(29)11-7-22)25-14-17-30(18-15-25)28(34)23-8-12-26(37-3)13-9-23/h6-13,25H,4-5,14-21H2,1-3H3. The summed E-state index contributed by atoms with van der Waals surface area (Å²) < 4.78 is 45.6. The average molecular weight is 548 g/mol. The summed E-state index contributed by atoms with van der Waals surface area (Å²) in [6.07, 6.45) is 2.19. The van der Waals surface area contributed by atoms with Gasteiger partial charge in [0.15, 0.2) is 0 Å². The third kappa shape index (κ3) is 7.77. The van der Waals surface area contributed by atoms with Crippen molar-refractivity contribution in [1.82, 2.24) is 14.1 Å². The van der Waals surface area contributed by atoms with Crippen LogP contribution in [0.3, 0.4) is 0 Å². The van der Waals surface area contributed by atoms with Crippen LogP contribution >= 0.6 is 0 Å². The molecule has 0 unspecified atom stereocenters. The largest absolute Gasteiger partial charge is 0.497 e. The number of hydrogen-bond donors (Lipinski definition) is 0. The van der Waals surface area contributed by atoms with Crippen LogP contribution in [0.15, 0.2) is 48.5 Å². The molecule has 0 radical (unpaired) electrons. The van der Waals surface area contributed by atoms with Gasteiger partial charge in [0.05, 0.1) is 19.4 Å². The second-order valence-electron chi connectivity index (χ2n) is 9.55. The number of carbonyl (C=O) groups excluding carboxylic acids is 2. The van der Waals surface area contributed by atoms with E-state index in [0.717, 1.165) is 5.56 Å². The quantitative estimate of drug-likeness (QED) is 0.402. The molecule has 1 aliphatic heterocycles. The average Bonchev–Trinajstić information content (AvgIpc) is 2.92. The van der Waals surface area contributed by atoms with Crippen LogP contribution in [0.2, 0.25) is 0 Å². The van der Waals surface area contributed by atoms with E-state index in [-0.39, 0.29) is 49.1 Å². The van der Waals surface area contributed by atoms with Crippen LogP contribution in [0.25, 0.3) is 0 Å². The maximum absolute atomic E-state index is 13.6. The fraction of sp³-hybridized carbons (Fsp3) is 0.500. The lowest BCUT2D eigenvalue weighted by Gasteiger charge is -2.39. The minimum Gasteiger partial charge on any atom is -0.497 e. The van der Waals surface area contributed by atoms with Gasteiger partial charge in [0.1, 0.15) is 11.6 Å². The van der Waals surface area contributed by atoms with Gasteiger partial charge in [0.2, 0.25) is 15.9 Å². The summed E-state index contributed by atoms with van der Waals surface area (Å²) in [6, 6.07) is 12.8. The molecule has 38 heavy (non-hydrogen) atoms. The van der Waals surface area contributed by atoms with E-state index in [0.29, 0.717) is 50.1 Å². The van der Waals surface area contributed by atoms with Crippen molar-refractivity contribution >= 4 is 21.8 Å². The fourth-order valence-electron chi connectivity index (χ4n) is 4.70. The molecule has 8 nitrogen and oxygen atoms in total. The lowest BCUT2D eigenvalue weighted by atomic mass is 10.0. The van der Waals surface area contributed by atoms with Gasteiger partial charge in [-0.3, -0.25) is 9.59 Å². The Bertz CT molecular complexity index is 1160. The summed E-state index contributed by atoms with van der Waals surface area (Å²) in [5, 5.41) is 0. The molecule has 2 aromatic carbocycles. The normalized spacial score (nSPS) is 14.5. The van der Waals surface area contributed by atoms with Crippen molar-refractivity contribution < 1.29 is 27.1 Å². The first-order chi connectivity index (χ1) is 18.2. The number of hydrogen-bond acceptors (Lipinski definition) is 5. The number of carbonyl (C=O) groups is 2. The molecule has 0 saturated carbocycles. The molecule has 3 rings (SSSR count). The summed E-state index contributed by atoms with van der Waals surface area (Å²) in [5.74, 6) is -0.0703. The highest BCUT2D eigenvalue weighted by Gasteiger charge is 2.32. The molecule has 0 aromatic heterocycles. The second kappa shape index (κ2) is 13.7. The maximum atomic E-state index is 13.6. The van der Waals surface area contributed by atoms with E-state index >= 15 is 0 Å². The topological polar surface area (TPSA) is 87.2 Å². The molecule has 2 aromatic rings. The van der Waals surface area contributed by atoms with E-state index in [9.17, 15) is 22.4 Å². The van der Waals surface area contributed by atoms with Crippen molar-refractivity contribution in [3.63, 3.8) is 0 Å². The van der Waals surface area contributed by atoms with Crippen molar-refractivity contribution in [3.8, 4) is 5.75 Å². The van der Waals surface area contributed by atoms with Gasteiger partial charge in [0, 0.05) is 37.8 Å². The number of halogens is 1. The predicted molar refractivity (Wildman–Crippen MR) is 145 cm³/mol. The Balaban J connectivity index is 1.75. The zero-order valence-corrected chi connectivity index (χ0v) is 23.3. The summed E-state index contributed by atoms with van der Waals surface area (Å²) in [5.41, 5.74) is 1.33. The highest BCUT2D eigenvalue weighted by molar-refractivity contribution is 7.89. The van der Waals surface area contributed by atoms with Crippen molar-refractivity contribution in [3.05, 3.63) is 65.5 Å². The van der Waals surface area contributed by atoms with Crippen LogP contribution in [0.1, 0.15) is 55.5 Å². The first-order valence-corrected chi connectivity index (χ1v) is 14.7. The number of ether oxygens (including phenoxy) is 1. The molecule has 1 fully saturated rings. The molecule has 10 heteroatoms. The van der Waals surface area contributed by atoms with Gasteiger partial charge in [-0.15, -0.1) is 0 Å². The monoisotopic (exact) mass is 547 g/mol. The van der Waals surface area contributed by atoms with Crippen LogP contribution in [0.5, 0.6) is 5.75 Å². The summed E-state index contributed by atoms with van der Waals surface area (Å²) >= 11 is 0. The summed E-state index contributed by atoms with van der Waals surface area (Å²) in [6.45, 7) is 4.89. The van der Waals surface area contributed by atoms with Gasteiger partial charge < -0.3 is 14.5 Å². The number of amides is 2. The van der Waals surface area contributed by atoms with Crippen molar-refractivity contribution in [2.75, 3.05) is 39.0 Å². The smallest absolute Gasteiger partial charge is 0.253 e. The molecule has 208 valence electrons. The Morgan fingerprint density at radius 2 is 1.63 bits per heavy atom. The van der Waals surface area contributed by atoms with Crippen molar-refractivity contribution in [2.45, 2.75) is 52.1 Å². The van der Waals surface area contributed by atoms with Gasteiger partial charge in [0.25, 0.3) is 5.91 Å².